The molecular formula is C11H12N4S. The molecule has 0 amide bonds. The van der Waals surface area contributed by atoms with Crippen LogP contribution >= 0.6 is 11.3 Å². The van der Waals surface area contributed by atoms with Gasteiger partial charge >= 0.3 is 0 Å². The van der Waals surface area contributed by atoms with Crippen LogP contribution in [0.15, 0.2) is 6.33 Å². The van der Waals surface area contributed by atoms with Gasteiger partial charge in [-0.1, -0.05) is 13.8 Å². The topological polar surface area (TPSA) is 65.4 Å². The van der Waals surface area contributed by atoms with Crippen LogP contribution < -0.4 is 0 Å². The van der Waals surface area contributed by atoms with Gasteiger partial charge in [0.25, 0.3) is 0 Å². The molecule has 2 rings (SSSR count). The highest BCUT2D eigenvalue weighted by molar-refractivity contribution is 7.16. The van der Waals surface area contributed by atoms with Crippen molar-refractivity contribution in [1.82, 2.24) is 15.2 Å². The predicted octanol–water partition coefficient (Wildman–Crippen LogP) is 2.53. The minimum Gasteiger partial charge on any atom is -0.259 e. The van der Waals surface area contributed by atoms with E-state index in [4.69, 9.17) is 5.26 Å². The Labute approximate surface area is 98.0 Å². The fraction of sp³-hybridized carbons (Fsp3) is 0.364. The summed E-state index contributed by atoms with van der Waals surface area (Å²) < 4.78 is 0. The molecule has 2 aromatic rings. The van der Waals surface area contributed by atoms with Crippen molar-refractivity contribution in [3.05, 3.63) is 22.3 Å². The molecule has 4 nitrogen and oxygen atoms in total. The van der Waals surface area contributed by atoms with Crippen LogP contribution in [-0.2, 0) is 12.8 Å². The third kappa shape index (κ3) is 1.61. The number of thiophene rings is 1. The first-order valence-electron chi connectivity index (χ1n) is 5.22. The lowest BCUT2D eigenvalue weighted by molar-refractivity contribution is 1.04. The van der Waals surface area contributed by atoms with E-state index in [9.17, 15) is 0 Å². The van der Waals surface area contributed by atoms with E-state index in [0.29, 0.717) is 0 Å². The summed E-state index contributed by atoms with van der Waals surface area (Å²) in [6.07, 6.45) is 3.29. The van der Waals surface area contributed by atoms with E-state index in [1.54, 1.807) is 0 Å². The van der Waals surface area contributed by atoms with Crippen LogP contribution in [0.3, 0.4) is 0 Å². The number of nitrogens with one attached hydrogen (secondary N) is 1. The Hall–Kier alpha value is -1.67. The number of hydrogen-bond donors (Lipinski definition) is 1. The third-order valence-corrected chi connectivity index (χ3v) is 3.74. The maximum Gasteiger partial charge on any atom is 0.165 e. The molecule has 5 heteroatoms. The van der Waals surface area contributed by atoms with Gasteiger partial charge in [-0.05, 0) is 24.0 Å². The molecule has 0 spiro atoms. The molecule has 2 aromatic heterocycles. The average molecular weight is 232 g/mol. The summed E-state index contributed by atoms with van der Waals surface area (Å²) in [6.45, 7) is 4.18. The Kier molecular flexibility index (Phi) is 3.02. The molecular weight excluding hydrogens is 220 g/mol. The normalized spacial score (nSPS) is 10.3. The van der Waals surface area contributed by atoms with E-state index >= 15 is 0 Å². The highest BCUT2D eigenvalue weighted by atomic mass is 32.1. The molecule has 2 heterocycles. The first-order chi connectivity index (χ1) is 7.81. The SMILES string of the molecule is CCc1c(C#N)sc(-c2ncn[nH]2)c1CC. The van der Waals surface area contributed by atoms with Crippen LogP contribution in [0.2, 0.25) is 0 Å². The third-order valence-electron chi connectivity index (χ3n) is 2.56. The van der Waals surface area contributed by atoms with Crippen LogP contribution in [0, 0.1) is 11.3 Å². The minimum absolute atomic E-state index is 0.762. The molecule has 0 aromatic carbocycles. The zero-order chi connectivity index (χ0) is 11.5. The van der Waals surface area contributed by atoms with Crippen LogP contribution in [0.4, 0.5) is 0 Å². The van der Waals surface area contributed by atoms with Gasteiger partial charge in [-0.15, -0.1) is 11.3 Å². The lowest BCUT2D eigenvalue weighted by Crippen LogP contribution is -1.90. The van der Waals surface area contributed by atoms with Gasteiger partial charge in [0.05, 0.1) is 4.88 Å². The van der Waals surface area contributed by atoms with Gasteiger partial charge in [0.2, 0.25) is 0 Å². The smallest absolute Gasteiger partial charge is 0.165 e. The van der Waals surface area contributed by atoms with Crippen molar-refractivity contribution in [1.29, 1.82) is 5.26 Å². The number of nitrogens with zero attached hydrogens (tertiary/aromatic N) is 3. The maximum absolute atomic E-state index is 9.09. The number of H-pyrrole nitrogens is 1. The average Bonchev–Trinajstić information content (AvgIpc) is 2.94. The molecule has 0 saturated heterocycles. The van der Waals surface area contributed by atoms with E-state index in [1.807, 2.05) is 0 Å². The molecule has 0 bridgehead atoms. The van der Waals surface area contributed by atoms with Gasteiger partial charge in [-0.2, -0.15) is 10.4 Å². The summed E-state index contributed by atoms with van der Waals surface area (Å²) in [7, 11) is 0. The van der Waals surface area contributed by atoms with Gasteiger partial charge in [-0.25, -0.2) is 4.98 Å². The zero-order valence-corrected chi connectivity index (χ0v) is 10.1. The van der Waals surface area contributed by atoms with Crippen molar-refractivity contribution in [3.63, 3.8) is 0 Å². The fourth-order valence-electron chi connectivity index (χ4n) is 1.84. The van der Waals surface area contributed by atoms with E-state index in [1.165, 1.54) is 23.2 Å². The number of nitriles is 1. The van der Waals surface area contributed by atoms with E-state index < -0.39 is 0 Å². The van der Waals surface area contributed by atoms with Crippen molar-refractivity contribution >= 4 is 11.3 Å². The molecule has 16 heavy (non-hydrogen) atoms. The van der Waals surface area contributed by atoms with Crippen LogP contribution in [0.1, 0.15) is 29.9 Å². The molecule has 0 fully saturated rings. The molecule has 0 radical (unpaired) electrons. The molecule has 0 aliphatic rings. The summed E-state index contributed by atoms with van der Waals surface area (Å²) in [5.41, 5.74) is 2.38. The minimum atomic E-state index is 0.762. The molecule has 0 aliphatic carbocycles. The number of rotatable bonds is 3. The largest absolute Gasteiger partial charge is 0.259 e. The van der Waals surface area contributed by atoms with E-state index in [0.717, 1.165) is 34.0 Å². The lowest BCUT2D eigenvalue weighted by atomic mass is 10.0. The summed E-state index contributed by atoms with van der Waals surface area (Å²) in [5.74, 6) is 0.762. The Morgan fingerprint density at radius 3 is 2.62 bits per heavy atom. The molecule has 0 unspecified atom stereocenters. The second kappa shape index (κ2) is 4.45. The second-order valence-electron chi connectivity index (χ2n) is 3.37. The second-order valence-corrected chi connectivity index (χ2v) is 4.39. The fourth-order valence-corrected chi connectivity index (χ4v) is 3.07. The molecule has 0 atom stereocenters. The standard InChI is InChI=1S/C11H12N4S/c1-3-7-8(4-2)10(16-9(7)5-12)11-13-6-14-15-11/h6H,3-4H2,1-2H3,(H,13,14,15). The Bertz CT molecular complexity index is 519. The number of aromatic nitrogens is 3. The van der Waals surface area contributed by atoms with Crippen molar-refractivity contribution in [2.45, 2.75) is 26.7 Å². The molecule has 0 saturated carbocycles. The molecule has 1 N–H and O–H groups in total. The van der Waals surface area contributed by atoms with E-state index in [-0.39, 0.29) is 0 Å². The van der Waals surface area contributed by atoms with E-state index in [2.05, 4.69) is 35.1 Å². The van der Waals surface area contributed by atoms with Crippen LogP contribution in [0.25, 0.3) is 10.7 Å². The quantitative estimate of drug-likeness (QED) is 0.884. The highest BCUT2D eigenvalue weighted by Crippen LogP contribution is 2.35. The summed E-state index contributed by atoms with van der Waals surface area (Å²) in [6, 6.07) is 2.26. The predicted molar refractivity (Wildman–Crippen MR) is 63.2 cm³/mol. The zero-order valence-electron chi connectivity index (χ0n) is 9.24. The van der Waals surface area contributed by atoms with Crippen molar-refractivity contribution in [3.8, 4) is 16.8 Å². The van der Waals surface area contributed by atoms with Gasteiger partial charge in [0, 0.05) is 0 Å². The van der Waals surface area contributed by atoms with Gasteiger partial charge in [-0.3, -0.25) is 5.10 Å². The molecule has 0 aliphatic heterocycles. The molecule has 82 valence electrons. The highest BCUT2D eigenvalue weighted by Gasteiger charge is 2.18. The maximum atomic E-state index is 9.09. The van der Waals surface area contributed by atoms with Gasteiger partial charge in [0.1, 0.15) is 17.3 Å². The monoisotopic (exact) mass is 232 g/mol. The van der Waals surface area contributed by atoms with Crippen molar-refractivity contribution < 1.29 is 0 Å². The Morgan fingerprint density at radius 2 is 2.12 bits per heavy atom. The summed E-state index contributed by atoms with van der Waals surface area (Å²) >= 11 is 1.50. The van der Waals surface area contributed by atoms with Crippen LogP contribution in [-0.4, -0.2) is 15.2 Å². The van der Waals surface area contributed by atoms with Gasteiger partial charge < -0.3 is 0 Å². The lowest BCUT2D eigenvalue weighted by Gasteiger charge is -2.00. The number of hydrogen-bond acceptors (Lipinski definition) is 4. The Balaban J connectivity index is 2.63. The summed E-state index contributed by atoms with van der Waals surface area (Å²) in [5, 5.41) is 15.8. The first-order valence-corrected chi connectivity index (χ1v) is 6.03. The van der Waals surface area contributed by atoms with Crippen molar-refractivity contribution in [2.75, 3.05) is 0 Å². The van der Waals surface area contributed by atoms with Crippen LogP contribution in [0.5, 0.6) is 0 Å². The number of aromatic amines is 1. The van der Waals surface area contributed by atoms with Crippen molar-refractivity contribution in [2.24, 2.45) is 0 Å². The van der Waals surface area contributed by atoms with Gasteiger partial charge in [0.15, 0.2) is 5.82 Å². The summed E-state index contributed by atoms with van der Waals surface area (Å²) in [4.78, 5) is 6.00. The Morgan fingerprint density at radius 1 is 1.38 bits per heavy atom. The first kappa shape index (κ1) is 10.8.